The zero-order chi connectivity index (χ0) is 15.4. The summed E-state index contributed by atoms with van der Waals surface area (Å²) in [7, 11) is 0. The summed E-state index contributed by atoms with van der Waals surface area (Å²) in [5, 5.41) is 7.50. The average molecular weight is 339 g/mol. The number of hydrogen-bond donors (Lipinski definition) is 2. The molecule has 23 heavy (non-hydrogen) atoms. The van der Waals surface area contributed by atoms with Gasteiger partial charge in [0.05, 0.1) is 13.2 Å². The third-order valence-electron chi connectivity index (χ3n) is 5.33. The SMILES string of the molecule is Cc1cccc(C(C)CNC2CCCC2C2COCCN2)c1.Cl. The number of rotatable bonds is 5. The molecule has 1 heterocycles. The van der Waals surface area contributed by atoms with E-state index in [-0.39, 0.29) is 12.4 Å². The summed E-state index contributed by atoms with van der Waals surface area (Å²) in [5.74, 6) is 1.29. The molecule has 1 aliphatic heterocycles. The number of hydrogen-bond acceptors (Lipinski definition) is 3. The van der Waals surface area contributed by atoms with Gasteiger partial charge in [0, 0.05) is 25.2 Å². The van der Waals surface area contributed by atoms with Crippen molar-refractivity contribution in [3.63, 3.8) is 0 Å². The van der Waals surface area contributed by atoms with Crippen LogP contribution in [0.5, 0.6) is 0 Å². The molecule has 0 spiro atoms. The lowest BCUT2D eigenvalue weighted by atomic mass is 9.93. The largest absolute Gasteiger partial charge is 0.379 e. The van der Waals surface area contributed by atoms with Crippen LogP contribution >= 0.6 is 12.4 Å². The van der Waals surface area contributed by atoms with Crippen molar-refractivity contribution in [3.8, 4) is 0 Å². The standard InChI is InChI=1S/C19H30N2O.ClH/c1-14-5-3-6-16(11-14)15(2)12-21-18-8-4-7-17(18)19-13-22-10-9-20-19;/h3,5-6,11,15,17-21H,4,7-10,12-13H2,1-2H3;1H. The summed E-state index contributed by atoms with van der Waals surface area (Å²) in [4.78, 5) is 0. The van der Waals surface area contributed by atoms with Gasteiger partial charge in [-0.1, -0.05) is 43.2 Å². The summed E-state index contributed by atoms with van der Waals surface area (Å²) in [5.41, 5.74) is 2.80. The van der Waals surface area contributed by atoms with Crippen LogP contribution in [0.25, 0.3) is 0 Å². The van der Waals surface area contributed by atoms with E-state index in [1.807, 2.05) is 0 Å². The Morgan fingerprint density at radius 1 is 1.35 bits per heavy atom. The third-order valence-corrected chi connectivity index (χ3v) is 5.33. The van der Waals surface area contributed by atoms with E-state index in [9.17, 15) is 0 Å². The van der Waals surface area contributed by atoms with Gasteiger partial charge in [0.15, 0.2) is 0 Å². The van der Waals surface area contributed by atoms with Gasteiger partial charge in [-0.05, 0) is 37.2 Å². The number of morpholine rings is 1. The molecule has 2 aliphatic rings. The molecule has 3 nitrogen and oxygen atoms in total. The highest BCUT2D eigenvalue weighted by molar-refractivity contribution is 5.85. The Bertz CT molecular complexity index is 476. The number of halogens is 1. The number of nitrogens with one attached hydrogen (secondary N) is 2. The van der Waals surface area contributed by atoms with Gasteiger partial charge in [0.2, 0.25) is 0 Å². The molecular weight excluding hydrogens is 308 g/mol. The molecule has 1 aliphatic carbocycles. The average Bonchev–Trinajstić information content (AvgIpc) is 3.02. The molecule has 4 heteroatoms. The normalized spacial score (nSPS) is 29.0. The Labute approximate surface area is 147 Å². The fourth-order valence-corrected chi connectivity index (χ4v) is 4.01. The predicted octanol–water partition coefficient (Wildman–Crippen LogP) is 3.27. The maximum Gasteiger partial charge on any atom is 0.0623 e. The van der Waals surface area contributed by atoms with E-state index < -0.39 is 0 Å². The van der Waals surface area contributed by atoms with Gasteiger partial charge in [-0.3, -0.25) is 0 Å². The summed E-state index contributed by atoms with van der Waals surface area (Å²) in [6.07, 6.45) is 3.99. The Balaban J connectivity index is 0.00000192. The topological polar surface area (TPSA) is 33.3 Å². The van der Waals surface area contributed by atoms with Crippen molar-refractivity contribution >= 4 is 12.4 Å². The number of benzene rings is 1. The molecule has 1 saturated carbocycles. The first-order chi connectivity index (χ1) is 10.7. The summed E-state index contributed by atoms with van der Waals surface area (Å²) in [6, 6.07) is 10.1. The fourth-order valence-electron chi connectivity index (χ4n) is 4.01. The fraction of sp³-hybridized carbons (Fsp3) is 0.684. The first-order valence-electron chi connectivity index (χ1n) is 8.85. The Kier molecular flexibility index (Phi) is 7.35. The van der Waals surface area contributed by atoms with Crippen LogP contribution in [0.1, 0.15) is 43.2 Å². The van der Waals surface area contributed by atoms with Crippen LogP contribution in [0.15, 0.2) is 24.3 Å². The van der Waals surface area contributed by atoms with Crippen molar-refractivity contribution in [2.45, 2.75) is 51.1 Å². The van der Waals surface area contributed by atoms with Gasteiger partial charge in [0.1, 0.15) is 0 Å². The van der Waals surface area contributed by atoms with E-state index in [2.05, 4.69) is 48.7 Å². The lowest BCUT2D eigenvalue weighted by molar-refractivity contribution is 0.0525. The van der Waals surface area contributed by atoms with E-state index in [0.717, 1.165) is 32.2 Å². The molecule has 2 fully saturated rings. The van der Waals surface area contributed by atoms with Gasteiger partial charge >= 0.3 is 0 Å². The van der Waals surface area contributed by atoms with Gasteiger partial charge < -0.3 is 15.4 Å². The Hall–Kier alpha value is -0.610. The molecule has 130 valence electrons. The molecule has 3 rings (SSSR count). The highest BCUT2D eigenvalue weighted by Gasteiger charge is 2.34. The second-order valence-electron chi connectivity index (χ2n) is 7.06. The van der Waals surface area contributed by atoms with Crippen LogP contribution < -0.4 is 10.6 Å². The maximum absolute atomic E-state index is 5.66. The van der Waals surface area contributed by atoms with Crippen molar-refractivity contribution in [2.24, 2.45) is 5.92 Å². The van der Waals surface area contributed by atoms with Gasteiger partial charge in [-0.25, -0.2) is 0 Å². The summed E-state index contributed by atoms with van der Waals surface area (Å²) < 4.78 is 5.66. The second kappa shape index (κ2) is 9.03. The van der Waals surface area contributed by atoms with Gasteiger partial charge in [-0.15, -0.1) is 12.4 Å². The predicted molar refractivity (Wildman–Crippen MR) is 98.6 cm³/mol. The minimum Gasteiger partial charge on any atom is -0.379 e. The molecule has 0 bridgehead atoms. The monoisotopic (exact) mass is 338 g/mol. The van der Waals surface area contributed by atoms with E-state index in [4.69, 9.17) is 4.74 Å². The van der Waals surface area contributed by atoms with Crippen molar-refractivity contribution in [1.82, 2.24) is 10.6 Å². The molecule has 0 aromatic heterocycles. The smallest absolute Gasteiger partial charge is 0.0623 e. The third kappa shape index (κ3) is 4.93. The zero-order valence-electron chi connectivity index (χ0n) is 14.4. The molecule has 0 amide bonds. The van der Waals surface area contributed by atoms with Crippen molar-refractivity contribution in [3.05, 3.63) is 35.4 Å². The number of ether oxygens (including phenoxy) is 1. The van der Waals surface area contributed by atoms with Crippen LogP contribution in [0.2, 0.25) is 0 Å². The number of aryl methyl sites for hydroxylation is 1. The van der Waals surface area contributed by atoms with E-state index in [0.29, 0.717) is 18.0 Å². The molecular formula is C19H31ClN2O. The van der Waals surface area contributed by atoms with Crippen molar-refractivity contribution in [1.29, 1.82) is 0 Å². The Morgan fingerprint density at radius 2 is 2.22 bits per heavy atom. The highest BCUT2D eigenvalue weighted by atomic mass is 35.5. The summed E-state index contributed by atoms with van der Waals surface area (Å²) >= 11 is 0. The van der Waals surface area contributed by atoms with Crippen LogP contribution in [0.3, 0.4) is 0 Å². The van der Waals surface area contributed by atoms with Crippen LogP contribution in [-0.4, -0.2) is 38.4 Å². The molecule has 1 aromatic rings. The second-order valence-corrected chi connectivity index (χ2v) is 7.06. The lowest BCUT2D eigenvalue weighted by Crippen LogP contribution is -2.51. The van der Waals surface area contributed by atoms with Crippen LogP contribution in [0.4, 0.5) is 0 Å². The minimum atomic E-state index is 0. The minimum absolute atomic E-state index is 0. The van der Waals surface area contributed by atoms with E-state index >= 15 is 0 Å². The first kappa shape index (κ1) is 18.7. The first-order valence-corrected chi connectivity index (χ1v) is 8.85. The maximum atomic E-state index is 5.66. The molecule has 1 saturated heterocycles. The molecule has 1 aromatic carbocycles. The highest BCUT2D eigenvalue weighted by Crippen LogP contribution is 2.30. The van der Waals surface area contributed by atoms with Crippen molar-refractivity contribution in [2.75, 3.05) is 26.3 Å². The molecule has 4 unspecified atom stereocenters. The van der Waals surface area contributed by atoms with E-state index in [1.54, 1.807) is 0 Å². The van der Waals surface area contributed by atoms with Gasteiger partial charge in [-0.2, -0.15) is 0 Å². The van der Waals surface area contributed by atoms with Crippen LogP contribution in [-0.2, 0) is 4.74 Å². The van der Waals surface area contributed by atoms with Crippen molar-refractivity contribution < 1.29 is 4.74 Å². The van der Waals surface area contributed by atoms with Crippen LogP contribution in [0, 0.1) is 12.8 Å². The van der Waals surface area contributed by atoms with E-state index in [1.165, 1.54) is 30.4 Å². The molecule has 4 atom stereocenters. The molecule has 2 N–H and O–H groups in total. The summed E-state index contributed by atoms with van der Waals surface area (Å²) in [6.45, 7) is 8.33. The Morgan fingerprint density at radius 3 is 2.96 bits per heavy atom. The lowest BCUT2D eigenvalue weighted by Gasteiger charge is -2.33. The van der Waals surface area contributed by atoms with Gasteiger partial charge in [0.25, 0.3) is 0 Å². The quantitative estimate of drug-likeness (QED) is 0.864. The molecule has 0 radical (unpaired) electrons. The zero-order valence-corrected chi connectivity index (χ0v) is 15.2.